The van der Waals surface area contributed by atoms with E-state index in [1.54, 1.807) is 0 Å². The van der Waals surface area contributed by atoms with Gasteiger partial charge in [-0.05, 0) is 68.7 Å². The predicted octanol–water partition coefficient (Wildman–Crippen LogP) is 4.20. The van der Waals surface area contributed by atoms with Crippen molar-refractivity contribution in [2.75, 3.05) is 12.8 Å². The molecule has 0 heterocycles. The van der Waals surface area contributed by atoms with Crippen molar-refractivity contribution in [1.29, 1.82) is 0 Å². The molecule has 1 aliphatic carbocycles. The molecule has 0 atom stereocenters. The lowest BCUT2D eigenvalue weighted by atomic mass is 10.2. The summed E-state index contributed by atoms with van der Waals surface area (Å²) in [6.07, 6.45) is 4.95. The molecule has 0 unspecified atom stereocenters. The number of hydrogen-bond donors (Lipinski definition) is 1. The Morgan fingerprint density at radius 3 is 2.62 bits per heavy atom. The standard InChI is InChI=1S/C12H15Br2NS/c1-16-12(4-5-12)8-15-7-9-2-3-10(13)11(14)6-9/h2-3,6,15H,4-5,7-8H2,1H3. The van der Waals surface area contributed by atoms with Crippen molar-refractivity contribution in [3.05, 3.63) is 32.7 Å². The number of nitrogens with one attached hydrogen (secondary N) is 1. The third-order valence-electron chi connectivity index (χ3n) is 3.00. The van der Waals surface area contributed by atoms with Crippen molar-refractivity contribution in [2.45, 2.75) is 24.1 Å². The summed E-state index contributed by atoms with van der Waals surface area (Å²) < 4.78 is 2.78. The van der Waals surface area contributed by atoms with Gasteiger partial charge in [-0.25, -0.2) is 0 Å². The van der Waals surface area contributed by atoms with E-state index >= 15 is 0 Å². The Bertz CT molecular complexity index is 377. The van der Waals surface area contributed by atoms with Crippen molar-refractivity contribution < 1.29 is 0 Å². The molecule has 1 nitrogen and oxygen atoms in total. The van der Waals surface area contributed by atoms with E-state index in [2.05, 4.69) is 61.6 Å². The Morgan fingerprint density at radius 2 is 2.06 bits per heavy atom. The lowest BCUT2D eigenvalue weighted by Crippen LogP contribution is -2.25. The molecule has 2 rings (SSSR count). The van der Waals surface area contributed by atoms with Crippen LogP contribution in [-0.4, -0.2) is 17.5 Å². The molecule has 1 aliphatic rings. The molecule has 0 saturated heterocycles. The summed E-state index contributed by atoms with van der Waals surface area (Å²) in [5, 5.41) is 3.55. The maximum atomic E-state index is 3.55. The van der Waals surface area contributed by atoms with E-state index in [1.807, 2.05) is 11.8 Å². The summed E-state index contributed by atoms with van der Waals surface area (Å²) in [6.45, 7) is 2.08. The number of rotatable bonds is 5. The highest BCUT2D eigenvalue weighted by atomic mass is 79.9. The molecule has 0 aliphatic heterocycles. The first-order chi connectivity index (χ1) is 7.65. The first kappa shape index (κ1) is 12.9. The molecular weight excluding hydrogens is 350 g/mol. The average Bonchev–Trinajstić information content (AvgIpc) is 3.04. The molecule has 16 heavy (non-hydrogen) atoms. The van der Waals surface area contributed by atoms with Crippen LogP contribution in [0.25, 0.3) is 0 Å². The van der Waals surface area contributed by atoms with Crippen LogP contribution in [0.1, 0.15) is 18.4 Å². The number of benzene rings is 1. The van der Waals surface area contributed by atoms with E-state index in [4.69, 9.17) is 0 Å². The predicted molar refractivity (Wildman–Crippen MR) is 79.0 cm³/mol. The van der Waals surface area contributed by atoms with E-state index in [0.717, 1.165) is 22.0 Å². The molecule has 0 radical (unpaired) electrons. The molecule has 4 heteroatoms. The fourth-order valence-electron chi connectivity index (χ4n) is 1.68. The van der Waals surface area contributed by atoms with Crippen molar-refractivity contribution in [3.63, 3.8) is 0 Å². The van der Waals surface area contributed by atoms with Crippen LogP contribution in [0.3, 0.4) is 0 Å². The quantitative estimate of drug-likeness (QED) is 0.840. The van der Waals surface area contributed by atoms with E-state index in [0.29, 0.717) is 4.75 Å². The van der Waals surface area contributed by atoms with Gasteiger partial charge in [0.1, 0.15) is 0 Å². The van der Waals surface area contributed by atoms with Crippen LogP contribution in [0.2, 0.25) is 0 Å². The fourth-order valence-corrected chi connectivity index (χ4v) is 3.11. The van der Waals surface area contributed by atoms with Crippen LogP contribution < -0.4 is 5.32 Å². The lowest BCUT2D eigenvalue weighted by molar-refractivity contribution is 0.663. The van der Waals surface area contributed by atoms with Crippen LogP contribution in [0, 0.1) is 0 Å². The maximum Gasteiger partial charge on any atom is 0.0320 e. The summed E-state index contributed by atoms with van der Waals surface area (Å²) in [5.41, 5.74) is 1.33. The van der Waals surface area contributed by atoms with E-state index < -0.39 is 0 Å². The Labute approximate surface area is 118 Å². The minimum absolute atomic E-state index is 0.548. The molecule has 0 amide bonds. The Balaban J connectivity index is 1.83. The highest BCUT2D eigenvalue weighted by molar-refractivity contribution is 9.13. The second-order valence-corrected chi connectivity index (χ2v) is 7.22. The zero-order valence-electron chi connectivity index (χ0n) is 9.22. The minimum Gasteiger partial charge on any atom is -0.311 e. The minimum atomic E-state index is 0.548. The number of thioether (sulfide) groups is 1. The number of hydrogen-bond acceptors (Lipinski definition) is 2. The van der Waals surface area contributed by atoms with Gasteiger partial charge in [-0.2, -0.15) is 11.8 Å². The van der Waals surface area contributed by atoms with Crippen LogP contribution in [-0.2, 0) is 6.54 Å². The van der Waals surface area contributed by atoms with Gasteiger partial charge >= 0.3 is 0 Å². The first-order valence-electron chi connectivity index (χ1n) is 5.35. The second-order valence-electron chi connectivity index (χ2n) is 4.24. The Kier molecular flexibility index (Phi) is 4.38. The zero-order valence-corrected chi connectivity index (χ0v) is 13.2. The Hall–Kier alpha value is 0.490. The number of halogens is 2. The van der Waals surface area contributed by atoms with E-state index in [-0.39, 0.29) is 0 Å². The van der Waals surface area contributed by atoms with E-state index in [1.165, 1.54) is 18.4 Å². The van der Waals surface area contributed by atoms with Crippen LogP contribution >= 0.6 is 43.6 Å². The van der Waals surface area contributed by atoms with Crippen molar-refractivity contribution >= 4 is 43.6 Å². The highest BCUT2D eigenvalue weighted by Gasteiger charge is 2.41. The third kappa shape index (κ3) is 3.25. The van der Waals surface area contributed by atoms with Crippen LogP contribution in [0.4, 0.5) is 0 Å². The van der Waals surface area contributed by atoms with Gasteiger partial charge in [-0.1, -0.05) is 6.07 Å². The topological polar surface area (TPSA) is 12.0 Å². The molecule has 1 fully saturated rings. The first-order valence-corrected chi connectivity index (χ1v) is 8.16. The van der Waals surface area contributed by atoms with Gasteiger partial charge in [0.05, 0.1) is 0 Å². The average molecular weight is 365 g/mol. The largest absolute Gasteiger partial charge is 0.311 e. The molecular formula is C12H15Br2NS. The zero-order chi connectivity index (χ0) is 11.6. The molecule has 1 N–H and O–H groups in total. The molecule has 1 aromatic carbocycles. The molecule has 0 bridgehead atoms. The SMILES string of the molecule is CSC1(CNCc2ccc(Br)c(Br)c2)CC1. The summed E-state index contributed by atoms with van der Waals surface area (Å²) in [4.78, 5) is 0. The highest BCUT2D eigenvalue weighted by Crippen LogP contribution is 2.46. The van der Waals surface area contributed by atoms with Crippen LogP contribution in [0.15, 0.2) is 27.1 Å². The van der Waals surface area contributed by atoms with E-state index in [9.17, 15) is 0 Å². The van der Waals surface area contributed by atoms with Gasteiger partial charge < -0.3 is 5.32 Å². The second kappa shape index (κ2) is 5.42. The molecule has 1 saturated carbocycles. The lowest BCUT2D eigenvalue weighted by Gasteiger charge is -2.13. The molecule has 0 spiro atoms. The molecule has 0 aromatic heterocycles. The molecule has 88 valence electrons. The van der Waals surface area contributed by atoms with Gasteiger partial charge in [0.2, 0.25) is 0 Å². The van der Waals surface area contributed by atoms with Gasteiger partial charge in [0, 0.05) is 26.8 Å². The van der Waals surface area contributed by atoms with Crippen molar-refractivity contribution in [3.8, 4) is 0 Å². The maximum absolute atomic E-state index is 3.55. The normalized spacial score (nSPS) is 17.4. The fraction of sp³-hybridized carbons (Fsp3) is 0.500. The monoisotopic (exact) mass is 363 g/mol. The Morgan fingerprint density at radius 1 is 1.31 bits per heavy atom. The van der Waals surface area contributed by atoms with Gasteiger partial charge in [0.15, 0.2) is 0 Å². The third-order valence-corrected chi connectivity index (χ3v) is 6.30. The van der Waals surface area contributed by atoms with Gasteiger partial charge in [-0.3, -0.25) is 0 Å². The van der Waals surface area contributed by atoms with Crippen molar-refractivity contribution in [2.24, 2.45) is 0 Å². The summed E-state index contributed by atoms with van der Waals surface area (Å²) >= 11 is 9.00. The van der Waals surface area contributed by atoms with Gasteiger partial charge in [-0.15, -0.1) is 0 Å². The van der Waals surface area contributed by atoms with Gasteiger partial charge in [0.25, 0.3) is 0 Å². The molecule has 1 aromatic rings. The summed E-state index contributed by atoms with van der Waals surface area (Å²) in [7, 11) is 0. The smallest absolute Gasteiger partial charge is 0.0320 e. The van der Waals surface area contributed by atoms with Crippen LogP contribution in [0.5, 0.6) is 0 Å². The van der Waals surface area contributed by atoms with Crippen molar-refractivity contribution in [1.82, 2.24) is 5.32 Å². The summed E-state index contributed by atoms with van der Waals surface area (Å²) in [5.74, 6) is 0. The summed E-state index contributed by atoms with van der Waals surface area (Å²) in [6, 6.07) is 6.40.